The lowest BCUT2D eigenvalue weighted by atomic mass is 9.62. The number of amides is 2. The van der Waals surface area contributed by atoms with Crippen LogP contribution < -0.4 is 5.32 Å². The number of esters is 1. The number of carbonyl (C=O) groups is 3. The SMILES string of the molecule is CCOC(=O)[C@@H]1[C@H]2C(=O)N([C@H](C)CO)C(C(=O)Nc3cc(C)ccc3C)C23CC(C)[C@@]1(C)O3. The highest BCUT2D eigenvalue weighted by molar-refractivity contribution is 6.04. The van der Waals surface area contributed by atoms with Gasteiger partial charge in [-0.3, -0.25) is 14.4 Å². The lowest BCUT2D eigenvalue weighted by molar-refractivity contribution is -0.161. The molecule has 2 N–H and O–H groups in total. The Kier molecular flexibility index (Phi) is 5.81. The first-order valence-corrected chi connectivity index (χ1v) is 11.7. The Labute approximate surface area is 194 Å². The highest BCUT2D eigenvalue weighted by Gasteiger charge is 2.80. The molecule has 0 radical (unpaired) electrons. The van der Waals surface area contributed by atoms with Crippen molar-refractivity contribution in [2.45, 2.75) is 71.2 Å². The van der Waals surface area contributed by atoms with Gasteiger partial charge in [-0.25, -0.2) is 0 Å². The van der Waals surface area contributed by atoms with Crippen molar-refractivity contribution in [2.75, 3.05) is 18.5 Å². The van der Waals surface area contributed by atoms with E-state index < -0.39 is 41.1 Å². The maximum absolute atomic E-state index is 13.8. The second-order valence-electron chi connectivity index (χ2n) is 10.0. The summed E-state index contributed by atoms with van der Waals surface area (Å²) in [5.74, 6) is -2.89. The van der Waals surface area contributed by atoms with E-state index in [1.807, 2.05) is 45.9 Å². The molecule has 0 aromatic heterocycles. The van der Waals surface area contributed by atoms with Crippen molar-refractivity contribution < 1.29 is 29.0 Å². The van der Waals surface area contributed by atoms with Crippen LogP contribution in [0.1, 0.15) is 45.2 Å². The van der Waals surface area contributed by atoms with Crippen molar-refractivity contribution >= 4 is 23.5 Å². The molecule has 4 rings (SSSR count). The monoisotopic (exact) mass is 458 g/mol. The summed E-state index contributed by atoms with van der Waals surface area (Å²) in [4.78, 5) is 42.1. The minimum absolute atomic E-state index is 0.0589. The number of ether oxygens (including phenoxy) is 2. The molecule has 3 saturated heterocycles. The third-order valence-corrected chi connectivity index (χ3v) is 7.93. The molecule has 3 aliphatic rings. The average molecular weight is 459 g/mol. The minimum Gasteiger partial charge on any atom is -0.466 e. The normalized spacial score (nSPS) is 35.5. The molecule has 3 aliphatic heterocycles. The van der Waals surface area contributed by atoms with Gasteiger partial charge in [0.25, 0.3) is 0 Å². The number of anilines is 1. The van der Waals surface area contributed by atoms with Gasteiger partial charge < -0.3 is 24.8 Å². The van der Waals surface area contributed by atoms with Crippen LogP contribution in [-0.2, 0) is 23.9 Å². The molecule has 3 fully saturated rings. The molecular weight excluding hydrogens is 424 g/mol. The molecule has 1 aromatic carbocycles. The zero-order valence-electron chi connectivity index (χ0n) is 20.2. The molecule has 0 saturated carbocycles. The Morgan fingerprint density at radius 3 is 2.70 bits per heavy atom. The Morgan fingerprint density at radius 2 is 2.06 bits per heavy atom. The minimum atomic E-state index is -1.16. The number of aliphatic hydroxyl groups is 1. The van der Waals surface area contributed by atoms with Crippen LogP contribution in [0.2, 0.25) is 0 Å². The first kappa shape index (κ1) is 23.7. The van der Waals surface area contributed by atoms with Crippen molar-refractivity contribution in [2.24, 2.45) is 17.8 Å². The van der Waals surface area contributed by atoms with Crippen molar-refractivity contribution in [1.82, 2.24) is 4.90 Å². The highest BCUT2D eigenvalue weighted by atomic mass is 16.6. The summed E-state index contributed by atoms with van der Waals surface area (Å²) < 4.78 is 11.9. The quantitative estimate of drug-likeness (QED) is 0.633. The van der Waals surface area contributed by atoms with Crippen LogP contribution in [0.5, 0.6) is 0 Å². The van der Waals surface area contributed by atoms with Gasteiger partial charge in [-0.2, -0.15) is 0 Å². The largest absolute Gasteiger partial charge is 0.466 e. The number of benzene rings is 1. The highest BCUT2D eigenvalue weighted by Crippen LogP contribution is 2.65. The molecule has 0 aliphatic carbocycles. The fourth-order valence-corrected chi connectivity index (χ4v) is 6.20. The molecule has 1 spiro atoms. The number of likely N-dealkylation sites (tertiary alicyclic amines) is 1. The Balaban J connectivity index is 1.80. The molecule has 8 heteroatoms. The van der Waals surface area contributed by atoms with Crippen LogP contribution in [0, 0.1) is 31.6 Å². The predicted octanol–water partition coefficient (Wildman–Crippen LogP) is 2.20. The summed E-state index contributed by atoms with van der Waals surface area (Å²) in [5.41, 5.74) is 0.497. The molecule has 1 aromatic rings. The Bertz CT molecular complexity index is 995. The molecule has 7 atom stereocenters. The van der Waals surface area contributed by atoms with Gasteiger partial charge >= 0.3 is 5.97 Å². The predicted molar refractivity (Wildman–Crippen MR) is 121 cm³/mol. The van der Waals surface area contributed by atoms with Gasteiger partial charge in [0.1, 0.15) is 17.6 Å². The van der Waals surface area contributed by atoms with Crippen LogP contribution in [0.15, 0.2) is 18.2 Å². The average Bonchev–Trinajstić information content (AvgIpc) is 3.27. The zero-order valence-corrected chi connectivity index (χ0v) is 20.2. The van der Waals surface area contributed by atoms with E-state index in [4.69, 9.17) is 9.47 Å². The van der Waals surface area contributed by atoms with Crippen LogP contribution in [-0.4, -0.2) is 64.3 Å². The van der Waals surface area contributed by atoms with Crippen LogP contribution >= 0.6 is 0 Å². The Morgan fingerprint density at radius 1 is 1.36 bits per heavy atom. The fraction of sp³-hybridized carbons (Fsp3) is 0.640. The first-order valence-electron chi connectivity index (χ1n) is 11.7. The van der Waals surface area contributed by atoms with Gasteiger partial charge in [0.15, 0.2) is 0 Å². The molecule has 8 nitrogen and oxygen atoms in total. The summed E-state index contributed by atoms with van der Waals surface area (Å²) in [6, 6.07) is 4.20. The number of carbonyl (C=O) groups excluding carboxylic acids is 3. The summed E-state index contributed by atoms with van der Waals surface area (Å²) in [6.07, 6.45) is 0.468. The van der Waals surface area contributed by atoms with Crippen LogP contribution in [0.25, 0.3) is 0 Å². The summed E-state index contributed by atoms with van der Waals surface area (Å²) in [7, 11) is 0. The molecular formula is C25H34N2O6. The van der Waals surface area contributed by atoms with Crippen molar-refractivity contribution in [1.29, 1.82) is 0 Å². The van der Waals surface area contributed by atoms with Gasteiger partial charge in [0, 0.05) is 5.69 Å². The number of hydrogen-bond donors (Lipinski definition) is 2. The van der Waals surface area contributed by atoms with E-state index in [2.05, 4.69) is 5.32 Å². The second-order valence-corrected chi connectivity index (χ2v) is 10.0. The fourth-order valence-electron chi connectivity index (χ4n) is 6.20. The number of nitrogens with one attached hydrogen (secondary N) is 1. The summed E-state index contributed by atoms with van der Waals surface area (Å²) in [5, 5.41) is 12.9. The van der Waals surface area contributed by atoms with E-state index in [0.29, 0.717) is 12.1 Å². The molecule has 3 unspecified atom stereocenters. The van der Waals surface area contributed by atoms with E-state index in [0.717, 1.165) is 11.1 Å². The maximum Gasteiger partial charge on any atom is 0.312 e. The number of hydrogen-bond acceptors (Lipinski definition) is 6. The number of fused-ring (bicyclic) bond motifs is 1. The van der Waals surface area contributed by atoms with E-state index in [9.17, 15) is 19.5 Å². The number of rotatable bonds is 6. The molecule has 180 valence electrons. The van der Waals surface area contributed by atoms with E-state index in [1.54, 1.807) is 13.8 Å². The zero-order chi connectivity index (χ0) is 24.3. The second kappa shape index (κ2) is 8.09. The molecule has 3 heterocycles. The van der Waals surface area contributed by atoms with Crippen LogP contribution in [0.3, 0.4) is 0 Å². The third kappa shape index (κ3) is 3.29. The molecule has 33 heavy (non-hydrogen) atoms. The van der Waals surface area contributed by atoms with Gasteiger partial charge in [0.2, 0.25) is 11.8 Å². The molecule has 2 bridgehead atoms. The van der Waals surface area contributed by atoms with Gasteiger partial charge in [-0.05, 0) is 64.2 Å². The van der Waals surface area contributed by atoms with Gasteiger partial charge in [0.05, 0.1) is 30.8 Å². The third-order valence-electron chi connectivity index (χ3n) is 7.93. The topological polar surface area (TPSA) is 105 Å². The van der Waals surface area contributed by atoms with Crippen molar-refractivity contribution in [3.63, 3.8) is 0 Å². The molecule has 2 amide bonds. The van der Waals surface area contributed by atoms with Crippen molar-refractivity contribution in [3.8, 4) is 0 Å². The van der Waals surface area contributed by atoms with Crippen LogP contribution in [0.4, 0.5) is 5.69 Å². The number of nitrogens with zero attached hydrogens (tertiary/aromatic N) is 1. The van der Waals surface area contributed by atoms with E-state index in [1.165, 1.54) is 4.90 Å². The number of aliphatic hydroxyl groups excluding tert-OH is 1. The van der Waals surface area contributed by atoms with E-state index in [-0.39, 0.29) is 30.9 Å². The lowest BCUT2D eigenvalue weighted by Crippen LogP contribution is -2.56. The maximum atomic E-state index is 13.8. The standard InChI is InChI=1S/C25H34N2O6/c1-7-32-23(31)19-18-22(30)27(16(5)12-28)20(25(18)11-15(4)24(19,6)33-25)21(29)26-17-10-13(2)8-9-14(17)3/h8-10,15-16,18-20,28H,7,11-12H2,1-6H3,(H,26,29)/t15?,16-,18+,19+,20?,24-,25?/m1/s1. The first-order chi connectivity index (χ1) is 15.5. The van der Waals surface area contributed by atoms with Crippen molar-refractivity contribution in [3.05, 3.63) is 29.3 Å². The Hall–Kier alpha value is -2.45. The van der Waals surface area contributed by atoms with Gasteiger partial charge in [-0.15, -0.1) is 0 Å². The lowest BCUT2D eigenvalue weighted by Gasteiger charge is -2.36. The van der Waals surface area contributed by atoms with E-state index >= 15 is 0 Å². The van der Waals surface area contributed by atoms with Gasteiger partial charge in [-0.1, -0.05) is 19.1 Å². The smallest absolute Gasteiger partial charge is 0.312 e. The number of aryl methyl sites for hydroxylation is 2. The summed E-state index contributed by atoms with van der Waals surface area (Å²) in [6.45, 7) is 11.0. The summed E-state index contributed by atoms with van der Waals surface area (Å²) >= 11 is 0.